The summed E-state index contributed by atoms with van der Waals surface area (Å²) in [6.07, 6.45) is 15.4. The van der Waals surface area contributed by atoms with Gasteiger partial charge in [0.1, 0.15) is 0 Å². The molecule has 1 heteroatoms. The van der Waals surface area contributed by atoms with Crippen LogP contribution in [0.5, 0.6) is 0 Å². The molecule has 1 nitrogen and oxygen atoms in total. The Morgan fingerprint density at radius 3 is 1.73 bits per heavy atom. The van der Waals surface area contributed by atoms with E-state index in [1.54, 1.807) is 0 Å². The molecule has 0 saturated carbocycles. The highest BCUT2D eigenvalue weighted by molar-refractivity contribution is 4.85. The molecule has 0 amide bonds. The molecule has 134 valence electrons. The Bertz CT molecular complexity index is 253. The summed E-state index contributed by atoms with van der Waals surface area (Å²) in [4.78, 5) is 0. The van der Waals surface area contributed by atoms with Gasteiger partial charge in [0, 0.05) is 0 Å². The second-order valence-electron chi connectivity index (χ2n) is 8.56. The molecule has 0 bridgehead atoms. The number of aliphatic hydroxyl groups is 1. The molecule has 0 aromatic carbocycles. The predicted molar refractivity (Wildman–Crippen MR) is 100 cm³/mol. The van der Waals surface area contributed by atoms with Gasteiger partial charge in [0.05, 0.1) is 6.10 Å². The Labute approximate surface area is 141 Å². The zero-order valence-electron chi connectivity index (χ0n) is 16.5. The highest BCUT2D eigenvalue weighted by atomic mass is 16.3. The fourth-order valence-electron chi connectivity index (χ4n) is 3.38. The minimum atomic E-state index is -0.176. The van der Waals surface area contributed by atoms with Crippen molar-refractivity contribution < 1.29 is 5.11 Å². The van der Waals surface area contributed by atoms with Gasteiger partial charge in [-0.05, 0) is 30.1 Å². The van der Waals surface area contributed by atoms with E-state index >= 15 is 0 Å². The van der Waals surface area contributed by atoms with Crippen molar-refractivity contribution in [2.75, 3.05) is 0 Å². The molecular formula is C21H44O. The van der Waals surface area contributed by atoms with Gasteiger partial charge in [-0.15, -0.1) is 0 Å². The maximum Gasteiger partial charge on any atom is 0.0593 e. The topological polar surface area (TPSA) is 20.2 Å². The highest BCUT2D eigenvalue weighted by Crippen LogP contribution is 2.42. The van der Waals surface area contributed by atoms with Crippen LogP contribution in [0.2, 0.25) is 0 Å². The smallest absolute Gasteiger partial charge is 0.0593 e. The third kappa shape index (κ3) is 9.18. The molecule has 22 heavy (non-hydrogen) atoms. The fourth-order valence-corrected chi connectivity index (χ4v) is 3.38. The van der Waals surface area contributed by atoms with Crippen LogP contribution in [0.25, 0.3) is 0 Å². The van der Waals surface area contributed by atoms with Crippen LogP contribution in [0.3, 0.4) is 0 Å². The van der Waals surface area contributed by atoms with Gasteiger partial charge in [0.2, 0.25) is 0 Å². The Morgan fingerprint density at radius 1 is 0.727 bits per heavy atom. The van der Waals surface area contributed by atoms with E-state index < -0.39 is 0 Å². The van der Waals surface area contributed by atoms with Crippen molar-refractivity contribution in [3.8, 4) is 0 Å². The van der Waals surface area contributed by atoms with Crippen LogP contribution in [0.15, 0.2) is 0 Å². The van der Waals surface area contributed by atoms with E-state index in [4.69, 9.17) is 0 Å². The van der Waals surface area contributed by atoms with E-state index in [2.05, 4.69) is 41.5 Å². The summed E-state index contributed by atoms with van der Waals surface area (Å²) in [5.41, 5.74) is 0.376. The first kappa shape index (κ1) is 22.0. The van der Waals surface area contributed by atoms with Crippen molar-refractivity contribution in [3.05, 3.63) is 0 Å². The van der Waals surface area contributed by atoms with Crippen LogP contribution in [0, 0.1) is 10.8 Å². The van der Waals surface area contributed by atoms with Crippen LogP contribution in [0.1, 0.15) is 119 Å². The van der Waals surface area contributed by atoms with E-state index in [-0.39, 0.29) is 11.5 Å². The van der Waals surface area contributed by atoms with E-state index in [9.17, 15) is 5.11 Å². The SMILES string of the molecule is CCCCCCCCC(CC)(CCCC)CC(O)C(C)(C)C. The molecule has 2 unspecified atom stereocenters. The van der Waals surface area contributed by atoms with Crippen molar-refractivity contribution in [2.24, 2.45) is 10.8 Å². The molecule has 0 fully saturated rings. The first-order chi connectivity index (χ1) is 10.3. The van der Waals surface area contributed by atoms with Gasteiger partial charge in [-0.1, -0.05) is 99.3 Å². The van der Waals surface area contributed by atoms with Crippen LogP contribution < -0.4 is 0 Å². The van der Waals surface area contributed by atoms with E-state index in [0.717, 1.165) is 6.42 Å². The monoisotopic (exact) mass is 312 g/mol. The van der Waals surface area contributed by atoms with E-state index in [1.165, 1.54) is 70.6 Å². The molecule has 0 aliphatic rings. The van der Waals surface area contributed by atoms with E-state index in [1.807, 2.05) is 0 Å². The molecule has 0 rings (SSSR count). The van der Waals surface area contributed by atoms with Gasteiger partial charge < -0.3 is 5.11 Å². The molecule has 0 saturated heterocycles. The molecule has 0 heterocycles. The summed E-state index contributed by atoms with van der Waals surface area (Å²) in [6.45, 7) is 13.4. The van der Waals surface area contributed by atoms with Crippen molar-refractivity contribution in [3.63, 3.8) is 0 Å². The molecule has 2 atom stereocenters. The van der Waals surface area contributed by atoms with Gasteiger partial charge >= 0.3 is 0 Å². The predicted octanol–water partition coefficient (Wildman–Crippen LogP) is 7.12. The van der Waals surface area contributed by atoms with Crippen molar-refractivity contribution in [1.82, 2.24) is 0 Å². The molecule has 0 aliphatic heterocycles. The molecule has 0 aliphatic carbocycles. The second kappa shape index (κ2) is 11.5. The van der Waals surface area contributed by atoms with Crippen LogP contribution in [0.4, 0.5) is 0 Å². The first-order valence-electron chi connectivity index (χ1n) is 9.99. The Kier molecular flexibility index (Phi) is 11.5. The Morgan fingerprint density at radius 2 is 1.23 bits per heavy atom. The Balaban J connectivity index is 4.50. The quantitative estimate of drug-likeness (QED) is 0.359. The minimum absolute atomic E-state index is 0.00770. The normalized spacial score (nSPS) is 16.5. The standard InChI is InChI=1S/C21H44O/c1-7-10-12-13-14-15-17-21(9-3,16-11-8-2)18-19(22)20(4,5)6/h19,22H,7-18H2,1-6H3. The third-order valence-electron chi connectivity index (χ3n) is 5.50. The summed E-state index contributed by atoms with van der Waals surface area (Å²) in [5.74, 6) is 0. The van der Waals surface area contributed by atoms with Gasteiger partial charge in [-0.25, -0.2) is 0 Å². The zero-order chi connectivity index (χ0) is 17.1. The maximum absolute atomic E-state index is 10.6. The molecule has 0 spiro atoms. The molecule has 0 aromatic heterocycles. The lowest BCUT2D eigenvalue weighted by molar-refractivity contribution is 0.00585. The average Bonchev–Trinajstić information content (AvgIpc) is 2.47. The summed E-state index contributed by atoms with van der Waals surface area (Å²) in [6, 6.07) is 0. The maximum atomic E-state index is 10.6. The van der Waals surface area contributed by atoms with Gasteiger partial charge in [-0.2, -0.15) is 0 Å². The lowest BCUT2D eigenvalue weighted by Gasteiger charge is -2.39. The molecule has 1 N–H and O–H groups in total. The number of hydrogen-bond donors (Lipinski definition) is 1. The second-order valence-corrected chi connectivity index (χ2v) is 8.56. The molecule has 0 radical (unpaired) electrons. The Hall–Kier alpha value is -0.0400. The summed E-state index contributed by atoms with van der Waals surface area (Å²) in [7, 11) is 0. The lowest BCUT2D eigenvalue weighted by Crippen LogP contribution is -2.34. The van der Waals surface area contributed by atoms with Gasteiger partial charge in [0.15, 0.2) is 0 Å². The lowest BCUT2D eigenvalue weighted by atomic mass is 9.68. The van der Waals surface area contributed by atoms with Crippen LogP contribution in [-0.4, -0.2) is 11.2 Å². The van der Waals surface area contributed by atoms with Crippen molar-refractivity contribution in [1.29, 1.82) is 0 Å². The van der Waals surface area contributed by atoms with Crippen molar-refractivity contribution in [2.45, 2.75) is 125 Å². The highest BCUT2D eigenvalue weighted by Gasteiger charge is 2.34. The number of hydrogen-bond acceptors (Lipinski definition) is 1. The van der Waals surface area contributed by atoms with Gasteiger partial charge in [0.25, 0.3) is 0 Å². The zero-order valence-corrected chi connectivity index (χ0v) is 16.5. The van der Waals surface area contributed by atoms with Crippen LogP contribution in [-0.2, 0) is 0 Å². The largest absolute Gasteiger partial charge is 0.393 e. The molecule has 0 aromatic rings. The number of unbranched alkanes of at least 4 members (excludes halogenated alkanes) is 6. The third-order valence-corrected chi connectivity index (χ3v) is 5.50. The summed E-state index contributed by atoms with van der Waals surface area (Å²) < 4.78 is 0. The summed E-state index contributed by atoms with van der Waals surface area (Å²) in [5, 5.41) is 10.6. The number of rotatable bonds is 13. The van der Waals surface area contributed by atoms with Crippen molar-refractivity contribution >= 4 is 0 Å². The molecular weight excluding hydrogens is 268 g/mol. The number of aliphatic hydroxyl groups excluding tert-OH is 1. The van der Waals surface area contributed by atoms with Crippen LogP contribution >= 0.6 is 0 Å². The summed E-state index contributed by atoms with van der Waals surface area (Å²) >= 11 is 0. The van der Waals surface area contributed by atoms with E-state index in [0.29, 0.717) is 5.41 Å². The van der Waals surface area contributed by atoms with Gasteiger partial charge in [-0.3, -0.25) is 0 Å². The minimum Gasteiger partial charge on any atom is -0.393 e. The average molecular weight is 313 g/mol. The first-order valence-corrected chi connectivity index (χ1v) is 9.99. The fraction of sp³-hybridized carbons (Fsp3) is 1.00.